The van der Waals surface area contributed by atoms with E-state index in [0.717, 1.165) is 65.6 Å². The van der Waals surface area contributed by atoms with E-state index in [-0.39, 0.29) is 0 Å². The van der Waals surface area contributed by atoms with Gasteiger partial charge in [-0.2, -0.15) is 0 Å². The monoisotopic (exact) mass is 486 g/mol. The van der Waals surface area contributed by atoms with Crippen molar-refractivity contribution >= 4 is 47.8 Å². The predicted octanol–water partition coefficient (Wildman–Crippen LogP) is 6.07. The lowest BCUT2D eigenvalue weighted by molar-refractivity contribution is 0.938. The summed E-state index contributed by atoms with van der Waals surface area (Å²) in [5, 5.41) is 3.05. The molecule has 0 aromatic heterocycles. The van der Waals surface area contributed by atoms with E-state index >= 15 is 0 Å². The Hall–Kier alpha value is -0.220. The summed E-state index contributed by atoms with van der Waals surface area (Å²) in [7, 11) is 0. The summed E-state index contributed by atoms with van der Waals surface area (Å²) in [5.74, 6) is 13.1. The first kappa shape index (κ1) is 19.8. The number of halogens is 3. The molecule has 0 atom stereocenters. The second-order valence-electron chi connectivity index (χ2n) is 4.90. The van der Waals surface area contributed by atoms with Gasteiger partial charge >= 0.3 is 0 Å². The van der Waals surface area contributed by atoms with Crippen molar-refractivity contribution in [2.75, 3.05) is 16.0 Å². The molecule has 1 aromatic carbocycles. The number of benzene rings is 1. The summed E-state index contributed by atoms with van der Waals surface area (Å²) in [4.78, 5) is 0. The Balaban J connectivity index is 2.87. The average molecular weight is 489 g/mol. The zero-order chi connectivity index (χ0) is 16.0. The Morgan fingerprint density at radius 3 is 1.64 bits per heavy atom. The number of hydrogen-bond acceptors (Lipinski definition) is 0. The van der Waals surface area contributed by atoms with Crippen LogP contribution in [-0.4, -0.2) is 16.0 Å². The highest BCUT2D eigenvalue weighted by Crippen LogP contribution is 2.12. The van der Waals surface area contributed by atoms with E-state index in [4.69, 9.17) is 0 Å². The van der Waals surface area contributed by atoms with Gasteiger partial charge in [0, 0.05) is 40.0 Å². The van der Waals surface area contributed by atoms with Crippen molar-refractivity contribution in [1.82, 2.24) is 0 Å². The molecule has 0 aliphatic rings. The average Bonchev–Trinajstić information content (AvgIpc) is 2.54. The molecule has 0 saturated heterocycles. The molecule has 0 radical (unpaired) electrons. The molecule has 0 nitrogen and oxygen atoms in total. The number of unbranched alkanes of at least 4 members (excludes halogenated alkanes) is 2. The van der Waals surface area contributed by atoms with Crippen molar-refractivity contribution in [1.29, 1.82) is 0 Å². The zero-order valence-electron chi connectivity index (χ0n) is 12.7. The minimum atomic E-state index is 0.934. The van der Waals surface area contributed by atoms with Crippen LogP contribution in [0.1, 0.15) is 48.8 Å². The van der Waals surface area contributed by atoms with Crippen LogP contribution in [0.2, 0.25) is 0 Å². The minimum Gasteiger partial charge on any atom is -0.0979 e. The molecule has 1 aromatic rings. The Kier molecular flexibility index (Phi) is 11.9. The van der Waals surface area contributed by atoms with E-state index in [2.05, 4.69) is 89.7 Å². The summed E-state index contributed by atoms with van der Waals surface area (Å²) in [6.45, 7) is 0. The molecule has 0 amide bonds. The van der Waals surface area contributed by atoms with E-state index < -0.39 is 0 Å². The van der Waals surface area contributed by atoms with E-state index in [0.29, 0.717) is 0 Å². The SMILES string of the molecule is BrCCCC#Cc1cc(C#CCCCBr)cc(CCCBr)c1. The lowest BCUT2D eigenvalue weighted by Gasteiger charge is -2.02. The van der Waals surface area contributed by atoms with Gasteiger partial charge in [-0.1, -0.05) is 71.5 Å². The van der Waals surface area contributed by atoms with E-state index in [1.54, 1.807) is 0 Å². The minimum absolute atomic E-state index is 0.934. The standard InChI is InChI=1S/C19H21Br3/c20-11-5-1-3-8-17-14-18(9-4-2-6-12-21)16-19(15-17)10-7-13-22/h14-16H,1-2,5-7,10-13H2. The van der Waals surface area contributed by atoms with Crippen LogP contribution in [0.15, 0.2) is 18.2 Å². The molecule has 0 saturated carbocycles. The topological polar surface area (TPSA) is 0 Å². The summed E-state index contributed by atoms with van der Waals surface area (Å²) in [6.07, 6.45) is 6.26. The third kappa shape index (κ3) is 9.04. The summed E-state index contributed by atoms with van der Waals surface area (Å²) in [5.41, 5.74) is 3.51. The Morgan fingerprint density at radius 1 is 0.682 bits per heavy atom. The van der Waals surface area contributed by atoms with Crippen LogP contribution in [-0.2, 0) is 6.42 Å². The predicted molar refractivity (Wildman–Crippen MR) is 108 cm³/mol. The first-order valence-corrected chi connectivity index (χ1v) is 11.0. The van der Waals surface area contributed by atoms with Gasteiger partial charge in [0.25, 0.3) is 0 Å². The van der Waals surface area contributed by atoms with Crippen molar-refractivity contribution in [2.45, 2.75) is 38.5 Å². The number of rotatable bonds is 7. The molecule has 1 rings (SSSR count). The molecule has 0 unspecified atom stereocenters. The molecule has 0 spiro atoms. The van der Waals surface area contributed by atoms with Crippen molar-refractivity contribution in [3.05, 3.63) is 34.9 Å². The van der Waals surface area contributed by atoms with Gasteiger partial charge in [-0.25, -0.2) is 0 Å². The lowest BCUT2D eigenvalue weighted by Crippen LogP contribution is -1.90. The van der Waals surface area contributed by atoms with Gasteiger partial charge in [-0.05, 0) is 49.4 Å². The van der Waals surface area contributed by atoms with Gasteiger partial charge in [-0.3, -0.25) is 0 Å². The quantitative estimate of drug-likeness (QED) is 0.248. The van der Waals surface area contributed by atoms with Crippen LogP contribution in [0, 0.1) is 23.7 Å². The van der Waals surface area contributed by atoms with Gasteiger partial charge < -0.3 is 0 Å². The smallest absolute Gasteiger partial charge is 0.0260 e. The lowest BCUT2D eigenvalue weighted by atomic mass is 10.0. The normalized spacial score (nSPS) is 9.59. The molecule has 0 aliphatic carbocycles. The van der Waals surface area contributed by atoms with Crippen LogP contribution >= 0.6 is 47.8 Å². The Bertz CT molecular complexity index is 511. The Morgan fingerprint density at radius 2 is 1.18 bits per heavy atom. The van der Waals surface area contributed by atoms with Gasteiger partial charge in [0.05, 0.1) is 0 Å². The van der Waals surface area contributed by atoms with Crippen LogP contribution in [0.3, 0.4) is 0 Å². The van der Waals surface area contributed by atoms with Crippen LogP contribution in [0.25, 0.3) is 0 Å². The largest absolute Gasteiger partial charge is 0.0979 e. The van der Waals surface area contributed by atoms with Crippen molar-refractivity contribution in [3.63, 3.8) is 0 Å². The zero-order valence-corrected chi connectivity index (χ0v) is 17.5. The number of alkyl halides is 3. The molecule has 118 valence electrons. The van der Waals surface area contributed by atoms with Gasteiger partial charge in [-0.15, -0.1) is 0 Å². The van der Waals surface area contributed by atoms with Crippen LogP contribution in [0.4, 0.5) is 0 Å². The molecular weight excluding hydrogens is 468 g/mol. The van der Waals surface area contributed by atoms with Crippen molar-refractivity contribution < 1.29 is 0 Å². The highest BCUT2D eigenvalue weighted by atomic mass is 79.9. The second-order valence-corrected chi connectivity index (χ2v) is 7.28. The maximum absolute atomic E-state index is 3.50. The summed E-state index contributed by atoms with van der Waals surface area (Å²) < 4.78 is 0. The fraction of sp³-hybridized carbons (Fsp3) is 0.474. The van der Waals surface area contributed by atoms with E-state index in [1.165, 1.54) is 5.56 Å². The molecule has 0 N–H and O–H groups in total. The van der Waals surface area contributed by atoms with Crippen LogP contribution in [0.5, 0.6) is 0 Å². The molecule has 0 aliphatic heterocycles. The molecule has 0 fully saturated rings. The van der Waals surface area contributed by atoms with Crippen molar-refractivity contribution in [3.8, 4) is 23.7 Å². The first-order valence-electron chi connectivity index (χ1n) is 7.59. The van der Waals surface area contributed by atoms with Gasteiger partial charge in [0.1, 0.15) is 0 Å². The third-order valence-electron chi connectivity index (χ3n) is 2.93. The number of aryl methyl sites for hydroxylation is 1. The van der Waals surface area contributed by atoms with Crippen molar-refractivity contribution in [2.24, 2.45) is 0 Å². The summed E-state index contributed by atoms with van der Waals surface area (Å²) in [6, 6.07) is 6.51. The van der Waals surface area contributed by atoms with Gasteiger partial charge in [0.15, 0.2) is 0 Å². The maximum Gasteiger partial charge on any atom is 0.0260 e. The van der Waals surface area contributed by atoms with Crippen LogP contribution < -0.4 is 0 Å². The molecule has 0 heterocycles. The third-order valence-corrected chi connectivity index (χ3v) is 4.61. The number of hydrogen-bond donors (Lipinski definition) is 0. The molecule has 0 bridgehead atoms. The first-order chi connectivity index (χ1) is 10.8. The maximum atomic E-state index is 3.50. The Labute approximate surface area is 160 Å². The summed E-state index contributed by atoms with van der Waals surface area (Å²) >= 11 is 10.4. The van der Waals surface area contributed by atoms with E-state index in [9.17, 15) is 0 Å². The molecule has 22 heavy (non-hydrogen) atoms. The highest BCUT2D eigenvalue weighted by molar-refractivity contribution is 9.09. The van der Waals surface area contributed by atoms with E-state index in [1.807, 2.05) is 0 Å². The molecular formula is C19H21Br3. The second kappa shape index (κ2) is 13.2. The highest BCUT2D eigenvalue weighted by Gasteiger charge is 1.99. The van der Waals surface area contributed by atoms with Gasteiger partial charge in [0.2, 0.25) is 0 Å². The fourth-order valence-electron chi connectivity index (χ4n) is 1.89. The fourth-order valence-corrected chi connectivity index (χ4v) is 2.73. The molecule has 3 heteroatoms.